The number of carbonyl (C=O) groups is 2. The number of carboxylic acid groups (broad SMARTS) is 2. The second-order valence-corrected chi connectivity index (χ2v) is 7.62. The summed E-state index contributed by atoms with van der Waals surface area (Å²) in [6.07, 6.45) is 6.27. The lowest BCUT2D eigenvalue weighted by Crippen LogP contribution is -2.29. The van der Waals surface area contributed by atoms with Crippen LogP contribution in [0.4, 0.5) is 0 Å². The van der Waals surface area contributed by atoms with Gasteiger partial charge in [0.05, 0.1) is 16.8 Å². The molecule has 0 amide bonds. The van der Waals surface area contributed by atoms with Crippen molar-refractivity contribution in [1.29, 1.82) is 0 Å². The SMILES string of the molecule is C.O=C(O)c1ccc(-c2cccnc2)nc1Cl.O=C(O)c1ccc(Cl)nc1Cl.OB(O)c1cccnc1. The number of aromatic carboxylic acids is 2. The number of rotatable bonds is 4. The second kappa shape index (κ2) is 15.5. The van der Waals surface area contributed by atoms with E-state index in [4.69, 9.17) is 55.1 Å². The Kier molecular flexibility index (Phi) is 13.2. The third-order valence-electron chi connectivity index (χ3n) is 4.06. The molecule has 192 valence electrons. The molecule has 14 heteroatoms. The lowest BCUT2D eigenvalue weighted by atomic mass is 9.82. The van der Waals surface area contributed by atoms with Crippen LogP contribution >= 0.6 is 34.8 Å². The van der Waals surface area contributed by atoms with Gasteiger partial charge in [0.15, 0.2) is 0 Å². The Balaban J connectivity index is 0.000000287. The molecule has 0 spiro atoms. The predicted molar refractivity (Wildman–Crippen MR) is 141 cm³/mol. The summed E-state index contributed by atoms with van der Waals surface area (Å²) in [6.45, 7) is 0. The van der Waals surface area contributed by atoms with Crippen molar-refractivity contribution in [2.24, 2.45) is 0 Å². The van der Waals surface area contributed by atoms with Gasteiger partial charge in [-0.1, -0.05) is 48.3 Å². The Labute approximate surface area is 227 Å². The minimum absolute atomic E-state index is 0. The van der Waals surface area contributed by atoms with E-state index >= 15 is 0 Å². The van der Waals surface area contributed by atoms with E-state index in [1.165, 1.54) is 24.4 Å². The van der Waals surface area contributed by atoms with Crippen LogP contribution in [0.25, 0.3) is 11.3 Å². The largest absolute Gasteiger partial charge is 0.490 e. The molecule has 0 aliphatic rings. The van der Waals surface area contributed by atoms with Gasteiger partial charge in [-0.2, -0.15) is 0 Å². The fraction of sp³-hybridized carbons (Fsp3) is 0.0435. The molecule has 0 saturated carbocycles. The molecule has 4 N–H and O–H groups in total. The van der Waals surface area contributed by atoms with Crippen LogP contribution in [0.3, 0.4) is 0 Å². The van der Waals surface area contributed by atoms with Crippen molar-refractivity contribution >= 4 is 59.3 Å². The molecule has 10 nitrogen and oxygen atoms in total. The van der Waals surface area contributed by atoms with Crippen molar-refractivity contribution in [3.63, 3.8) is 0 Å². The second-order valence-electron chi connectivity index (χ2n) is 6.52. The molecule has 0 radical (unpaired) electrons. The van der Waals surface area contributed by atoms with Crippen molar-refractivity contribution < 1.29 is 29.9 Å². The maximum Gasteiger partial charge on any atom is 0.490 e. The minimum atomic E-state index is -1.40. The van der Waals surface area contributed by atoms with E-state index in [1.807, 2.05) is 6.07 Å². The smallest absolute Gasteiger partial charge is 0.478 e. The molecule has 4 rings (SSSR count). The number of carboxylic acids is 2. The number of halogens is 3. The molecule has 0 atom stereocenters. The summed E-state index contributed by atoms with van der Waals surface area (Å²) in [6, 6.07) is 12.6. The van der Waals surface area contributed by atoms with E-state index in [-0.39, 0.29) is 34.0 Å². The highest BCUT2D eigenvalue weighted by atomic mass is 35.5. The average molecular weight is 566 g/mol. The first-order valence-corrected chi connectivity index (χ1v) is 10.8. The Morgan fingerprint density at radius 2 is 1.27 bits per heavy atom. The minimum Gasteiger partial charge on any atom is -0.478 e. The van der Waals surface area contributed by atoms with E-state index < -0.39 is 19.1 Å². The van der Waals surface area contributed by atoms with Gasteiger partial charge in [-0.15, -0.1) is 0 Å². The lowest BCUT2D eigenvalue weighted by molar-refractivity contribution is 0.0685. The summed E-state index contributed by atoms with van der Waals surface area (Å²) in [5.41, 5.74) is 1.76. The van der Waals surface area contributed by atoms with Gasteiger partial charge in [0, 0.05) is 35.8 Å². The zero-order valence-electron chi connectivity index (χ0n) is 18.0. The molecule has 0 aliphatic carbocycles. The van der Waals surface area contributed by atoms with Gasteiger partial charge in [0.1, 0.15) is 15.5 Å². The zero-order valence-corrected chi connectivity index (χ0v) is 20.3. The van der Waals surface area contributed by atoms with Gasteiger partial charge in [0.25, 0.3) is 0 Å². The number of aromatic nitrogens is 4. The van der Waals surface area contributed by atoms with Gasteiger partial charge >= 0.3 is 19.1 Å². The van der Waals surface area contributed by atoms with Crippen molar-refractivity contribution in [2.75, 3.05) is 0 Å². The molecule has 0 saturated heterocycles. The number of hydrogen-bond donors (Lipinski definition) is 4. The van der Waals surface area contributed by atoms with Gasteiger partial charge in [0.2, 0.25) is 0 Å². The van der Waals surface area contributed by atoms with Crippen LogP contribution in [0, 0.1) is 0 Å². The molecule has 37 heavy (non-hydrogen) atoms. The van der Waals surface area contributed by atoms with E-state index in [2.05, 4.69) is 19.9 Å². The maximum atomic E-state index is 10.7. The molecule has 0 fully saturated rings. The molecule has 4 heterocycles. The zero-order chi connectivity index (χ0) is 26.7. The third-order valence-corrected chi connectivity index (χ3v) is 4.85. The topological polar surface area (TPSA) is 167 Å². The highest BCUT2D eigenvalue weighted by molar-refractivity contribution is 6.58. The van der Waals surface area contributed by atoms with Crippen LogP contribution in [0.5, 0.6) is 0 Å². The summed E-state index contributed by atoms with van der Waals surface area (Å²) in [5, 5.41) is 34.4. The first-order chi connectivity index (χ1) is 17.1. The van der Waals surface area contributed by atoms with E-state index in [1.54, 1.807) is 42.9 Å². The van der Waals surface area contributed by atoms with Gasteiger partial charge in [-0.05, 0) is 42.5 Å². The third kappa shape index (κ3) is 10.1. The number of nitrogens with zero attached hydrogens (tertiary/aromatic N) is 4. The van der Waals surface area contributed by atoms with Crippen LogP contribution in [-0.4, -0.2) is 59.3 Å². The average Bonchev–Trinajstić information content (AvgIpc) is 2.85. The molecule has 4 aromatic rings. The Morgan fingerprint density at radius 1 is 0.730 bits per heavy atom. The van der Waals surface area contributed by atoms with Gasteiger partial charge in [-0.3, -0.25) is 9.97 Å². The van der Waals surface area contributed by atoms with Crippen LogP contribution < -0.4 is 5.46 Å². The molecule has 0 bridgehead atoms. The molecular formula is C23H20BCl3N4O6. The Morgan fingerprint density at radius 3 is 1.68 bits per heavy atom. The standard InChI is InChI=1S/C11H7ClN2O2.C6H3Cl2NO2.C5H6BNO2.CH4/c12-10-8(11(15)16)3-4-9(14-10)7-2-1-5-13-6-7;7-4-2-1-3(6(10)11)5(8)9-4;8-6(9)5-2-1-3-7-4-5;/h1-6H,(H,15,16);1-2H,(H,10,11);1-4,8-9H;1H4. The summed E-state index contributed by atoms with van der Waals surface area (Å²) >= 11 is 16.6. The monoisotopic (exact) mass is 564 g/mol. The molecular weight excluding hydrogens is 545 g/mol. The first-order valence-electron chi connectivity index (χ1n) is 9.71. The Bertz CT molecular complexity index is 1320. The molecule has 0 unspecified atom stereocenters. The number of pyridine rings is 4. The molecule has 4 aromatic heterocycles. The fourth-order valence-electron chi connectivity index (χ4n) is 2.37. The fourth-order valence-corrected chi connectivity index (χ4v) is 3.03. The summed E-state index contributed by atoms with van der Waals surface area (Å²) in [4.78, 5) is 36.3. The quantitative estimate of drug-likeness (QED) is 0.210. The van der Waals surface area contributed by atoms with Crippen LogP contribution in [0.1, 0.15) is 28.1 Å². The summed E-state index contributed by atoms with van der Waals surface area (Å²) in [5.74, 6) is -2.20. The summed E-state index contributed by atoms with van der Waals surface area (Å²) < 4.78 is 0. The molecule has 0 aliphatic heterocycles. The highest BCUT2D eigenvalue weighted by Gasteiger charge is 2.11. The van der Waals surface area contributed by atoms with E-state index in [0.29, 0.717) is 11.2 Å². The first kappa shape index (κ1) is 31.4. The maximum absolute atomic E-state index is 10.7. The van der Waals surface area contributed by atoms with E-state index in [9.17, 15) is 9.59 Å². The number of hydrogen-bond acceptors (Lipinski definition) is 8. The normalized spacial score (nSPS) is 9.43. The lowest BCUT2D eigenvalue weighted by Gasteiger charge is -2.02. The van der Waals surface area contributed by atoms with Crippen molar-refractivity contribution in [3.8, 4) is 11.3 Å². The predicted octanol–water partition coefficient (Wildman–Crippen LogP) is 3.98. The Hall–Kier alpha value is -3.61. The van der Waals surface area contributed by atoms with Crippen molar-refractivity contribution in [1.82, 2.24) is 19.9 Å². The van der Waals surface area contributed by atoms with Crippen LogP contribution in [-0.2, 0) is 0 Å². The van der Waals surface area contributed by atoms with Crippen LogP contribution in [0.2, 0.25) is 15.5 Å². The van der Waals surface area contributed by atoms with Crippen molar-refractivity contribution in [2.45, 2.75) is 7.43 Å². The van der Waals surface area contributed by atoms with Crippen LogP contribution in [0.15, 0.2) is 73.3 Å². The van der Waals surface area contributed by atoms with Gasteiger partial charge in [-0.25, -0.2) is 19.6 Å². The highest BCUT2D eigenvalue weighted by Crippen LogP contribution is 2.21. The summed E-state index contributed by atoms with van der Waals surface area (Å²) in [7, 11) is -1.40. The van der Waals surface area contributed by atoms with E-state index in [0.717, 1.165) is 5.56 Å². The van der Waals surface area contributed by atoms with Gasteiger partial charge < -0.3 is 20.3 Å². The molecule has 0 aromatic carbocycles. The van der Waals surface area contributed by atoms with Crippen molar-refractivity contribution in [3.05, 3.63) is 99.9 Å².